The van der Waals surface area contributed by atoms with E-state index in [2.05, 4.69) is 32.6 Å². The van der Waals surface area contributed by atoms with Crippen LogP contribution in [0.25, 0.3) is 0 Å². The highest BCUT2D eigenvalue weighted by molar-refractivity contribution is 5.72. The van der Waals surface area contributed by atoms with Gasteiger partial charge < -0.3 is 34.1 Å². The van der Waals surface area contributed by atoms with Crippen molar-refractivity contribution in [3.63, 3.8) is 0 Å². The average molecular weight is 938 g/mol. The van der Waals surface area contributed by atoms with E-state index in [1.165, 1.54) is 103 Å². The highest BCUT2D eigenvalue weighted by Gasteiger charge is 2.29. The van der Waals surface area contributed by atoms with Gasteiger partial charge in [0.1, 0.15) is 0 Å². The van der Waals surface area contributed by atoms with Gasteiger partial charge in [-0.3, -0.25) is 14.4 Å². The number of hydrogen-bond acceptors (Lipinski definition) is 9. The van der Waals surface area contributed by atoms with E-state index in [1.54, 1.807) is 7.11 Å². The molecule has 1 heterocycles. The molecule has 2 aliphatic rings. The first-order chi connectivity index (χ1) is 32.2. The summed E-state index contributed by atoms with van der Waals surface area (Å²) in [4.78, 5) is 38.9. The third-order valence-electron chi connectivity index (χ3n) is 13.9. The number of hydrogen-bond donors (Lipinski definition) is 2. The molecular formula is C56H107NO9. The minimum atomic E-state index is -0.583. The van der Waals surface area contributed by atoms with Gasteiger partial charge in [0.05, 0.1) is 37.3 Å². The van der Waals surface area contributed by atoms with Gasteiger partial charge in [-0.2, -0.15) is 0 Å². The summed E-state index contributed by atoms with van der Waals surface area (Å²) in [5.41, 5.74) is 0. The zero-order valence-corrected chi connectivity index (χ0v) is 43.9. The van der Waals surface area contributed by atoms with Crippen LogP contribution in [0.15, 0.2) is 0 Å². The number of unbranched alkanes of at least 4 members (excludes halogenated alkanes) is 22. The second-order valence-electron chi connectivity index (χ2n) is 20.3. The van der Waals surface area contributed by atoms with E-state index in [9.17, 15) is 24.6 Å². The molecule has 0 bridgehead atoms. The number of nitrogens with zero attached hydrogens (tertiary/aromatic N) is 1. The molecule has 10 nitrogen and oxygen atoms in total. The van der Waals surface area contributed by atoms with Crippen LogP contribution in [0.1, 0.15) is 265 Å². The average Bonchev–Trinajstić information content (AvgIpc) is 3.73. The predicted molar refractivity (Wildman–Crippen MR) is 272 cm³/mol. The zero-order valence-electron chi connectivity index (χ0n) is 43.9. The second kappa shape index (κ2) is 44.5. The fourth-order valence-corrected chi connectivity index (χ4v) is 9.57. The molecule has 0 aromatic carbocycles. The first kappa shape index (κ1) is 62.3. The summed E-state index contributed by atoms with van der Waals surface area (Å²) >= 11 is 0. The number of ether oxygens (including phenoxy) is 4. The molecule has 10 heteroatoms. The Morgan fingerprint density at radius 3 is 1.55 bits per heavy atom. The predicted octanol–water partition coefficient (Wildman–Crippen LogP) is 14.6. The van der Waals surface area contributed by atoms with Gasteiger partial charge in [-0.05, 0) is 89.6 Å². The lowest BCUT2D eigenvalue weighted by atomic mass is 9.82. The Balaban J connectivity index is 0.00000102. The number of carboxylic acids is 1. The summed E-state index contributed by atoms with van der Waals surface area (Å²) in [7, 11) is 1.66. The molecule has 1 saturated heterocycles. The molecular weight excluding hydrogens is 831 g/mol. The number of carbonyl (C=O) groups excluding carboxylic acids is 2. The van der Waals surface area contributed by atoms with E-state index in [1.807, 2.05) is 0 Å². The summed E-state index contributed by atoms with van der Waals surface area (Å²) in [5, 5.41) is 19.0. The number of esters is 2. The summed E-state index contributed by atoms with van der Waals surface area (Å²) in [6.45, 7) is 13.2. The highest BCUT2D eigenvalue weighted by atomic mass is 16.7. The fourth-order valence-electron chi connectivity index (χ4n) is 9.57. The Morgan fingerprint density at radius 1 is 0.591 bits per heavy atom. The van der Waals surface area contributed by atoms with Crippen molar-refractivity contribution < 1.29 is 43.5 Å². The summed E-state index contributed by atoms with van der Waals surface area (Å²) in [6, 6.07) is 0. The maximum atomic E-state index is 12.9. The van der Waals surface area contributed by atoms with E-state index in [4.69, 9.17) is 18.9 Å². The third-order valence-corrected chi connectivity index (χ3v) is 13.9. The van der Waals surface area contributed by atoms with Crippen LogP contribution in [-0.4, -0.2) is 91.5 Å². The monoisotopic (exact) mass is 938 g/mol. The first-order valence-corrected chi connectivity index (χ1v) is 28.3. The van der Waals surface area contributed by atoms with Crippen LogP contribution in [0, 0.1) is 17.8 Å². The lowest BCUT2D eigenvalue weighted by molar-refractivity contribution is -0.177. The Bertz CT molecular complexity index is 1120. The van der Waals surface area contributed by atoms with E-state index in [-0.39, 0.29) is 36.0 Å². The molecule has 0 spiro atoms. The van der Waals surface area contributed by atoms with Crippen LogP contribution < -0.4 is 0 Å². The highest BCUT2D eigenvalue weighted by Crippen LogP contribution is 2.29. The molecule has 4 unspecified atom stereocenters. The van der Waals surface area contributed by atoms with Crippen molar-refractivity contribution in [2.75, 3.05) is 40.0 Å². The normalized spacial score (nSPS) is 19.0. The molecule has 0 radical (unpaired) electrons. The molecule has 0 aromatic rings. The van der Waals surface area contributed by atoms with Crippen molar-refractivity contribution in [2.45, 2.75) is 284 Å². The van der Waals surface area contributed by atoms with Crippen molar-refractivity contribution in [3.8, 4) is 0 Å². The summed E-state index contributed by atoms with van der Waals surface area (Å²) in [5.74, 6) is -0.0886. The molecule has 4 atom stereocenters. The van der Waals surface area contributed by atoms with Crippen LogP contribution in [0.2, 0.25) is 0 Å². The van der Waals surface area contributed by atoms with E-state index < -0.39 is 12.3 Å². The summed E-state index contributed by atoms with van der Waals surface area (Å²) in [6.07, 6.45) is 40.3. The molecule has 66 heavy (non-hydrogen) atoms. The molecule has 1 aliphatic carbocycles. The molecule has 2 N–H and O–H groups in total. The smallest absolute Gasteiger partial charge is 0.308 e. The Morgan fingerprint density at radius 2 is 1.05 bits per heavy atom. The second-order valence-corrected chi connectivity index (χ2v) is 20.3. The number of carboxylic acid groups (broad SMARTS) is 1. The molecule has 390 valence electrons. The minimum Gasteiger partial charge on any atom is -0.481 e. The maximum Gasteiger partial charge on any atom is 0.308 e. The van der Waals surface area contributed by atoms with E-state index >= 15 is 0 Å². The van der Waals surface area contributed by atoms with Gasteiger partial charge >= 0.3 is 17.9 Å². The van der Waals surface area contributed by atoms with Gasteiger partial charge in [-0.15, -0.1) is 0 Å². The zero-order chi connectivity index (χ0) is 48.3. The summed E-state index contributed by atoms with van der Waals surface area (Å²) < 4.78 is 22.1. The molecule has 1 saturated carbocycles. The van der Waals surface area contributed by atoms with Gasteiger partial charge in [-0.25, -0.2) is 0 Å². The van der Waals surface area contributed by atoms with E-state index in [0.717, 1.165) is 148 Å². The molecule has 2 rings (SSSR count). The van der Waals surface area contributed by atoms with Crippen LogP contribution in [0.3, 0.4) is 0 Å². The number of aliphatic hydroxyl groups excluding tert-OH is 1. The number of aliphatic carboxylic acids is 1. The fraction of sp³-hybridized carbons (Fsp3) is 0.946. The van der Waals surface area contributed by atoms with Crippen molar-refractivity contribution in [1.29, 1.82) is 0 Å². The van der Waals surface area contributed by atoms with Gasteiger partial charge in [0.2, 0.25) is 6.29 Å². The van der Waals surface area contributed by atoms with Crippen molar-refractivity contribution in [2.24, 2.45) is 17.8 Å². The van der Waals surface area contributed by atoms with Crippen LogP contribution >= 0.6 is 0 Å². The molecule has 1 aliphatic heterocycles. The Hall–Kier alpha value is -1.75. The number of rotatable bonds is 45. The molecule has 0 aromatic heterocycles. The van der Waals surface area contributed by atoms with Gasteiger partial charge in [-0.1, -0.05) is 182 Å². The Kier molecular flexibility index (Phi) is 41.9. The minimum absolute atomic E-state index is 0.0332. The van der Waals surface area contributed by atoms with Gasteiger partial charge in [0.25, 0.3) is 0 Å². The molecule has 2 fully saturated rings. The quantitative estimate of drug-likeness (QED) is 0.0449. The number of carbonyl (C=O) groups is 3. The van der Waals surface area contributed by atoms with Crippen LogP contribution in [-0.2, 0) is 33.3 Å². The van der Waals surface area contributed by atoms with Crippen LogP contribution in [0.4, 0.5) is 0 Å². The SMILES string of the molecule is CCCCCCCCC(CCCCCC)C(=O)O.CCCCCCCCC(CCCCCC)C(=O)OCCCCCCN(CCCCCCC(=O)OC1CCC(COC)O1)CC1CC(O)C1. The van der Waals surface area contributed by atoms with Gasteiger partial charge in [0.15, 0.2) is 0 Å². The first-order valence-electron chi connectivity index (χ1n) is 28.3. The number of methoxy groups -OCH3 is 1. The van der Waals surface area contributed by atoms with Crippen molar-refractivity contribution in [3.05, 3.63) is 0 Å². The van der Waals surface area contributed by atoms with Crippen LogP contribution in [0.5, 0.6) is 0 Å². The third kappa shape index (κ3) is 35.4. The van der Waals surface area contributed by atoms with Crippen molar-refractivity contribution in [1.82, 2.24) is 4.90 Å². The molecule has 0 amide bonds. The van der Waals surface area contributed by atoms with E-state index in [0.29, 0.717) is 25.6 Å². The Labute approximate surface area is 406 Å². The van der Waals surface area contributed by atoms with Gasteiger partial charge in [0, 0.05) is 26.5 Å². The van der Waals surface area contributed by atoms with Crippen molar-refractivity contribution >= 4 is 17.9 Å². The number of aliphatic hydroxyl groups is 1. The lowest BCUT2D eigenvalue weighted by Crippen LogP contribution is -2.39. The largest absolute Gasteiger partial charge is 0.481 e. The standard InChI is InChI=1S/C40H75NO7.C16H32O2/c1-4-6-8-10-11-17-23-35(22-16-9-7-5-2)40(44)46-29-21-15-14-20-28-41(32-34-30-36(42)31-34)27-19-13-12-18-24-38(43)48-39-26-25-37(47-39)33-45-3;1-3-5-7-9-10-12-14-15(16(17)18)13-11-8-6-4-2/h34-37,39,42H,4-33H2,1-3H3;15H,3-14H2,1-2H3,(H,17,18). The maximum absolute atomic E-state index is 12.9. The lowest BCUT2D eigenvalue weighted by Gasteiger charge is -2.36. The topological polar surface area (TPSA) is 132 Å².